The van der Waals surface area contributed by atoms with Crippen molar-refractivity contribution in [2.45, 2.75) is 6.54 Å². The fraction of sp³-hybridized carbons (Fsp3) is 0.0769. The molecule has 0 atom stereocenters. The first-order valence-electron chi connectivity index (χ1n) is 6.05. The van der Waals surface area contributed by atoms with Crippen LogP contribution in [0.4, 0.5) is 0 Å². The molecule has 7 nitrogen and oxygen atoms in total. The van der Waals surface area contributed by atoms with E-state index >= 15 is 0 Å². The van der Waals surface area contributed by atoms with Crippen LogP contribution >= 0.6 is 0 Å². The van der Waals surface area contributed by atoms with Gasteiger partial charge in [0, 0.05) is 6.20 Å². The van der Waals surface area contributed by atoms with Crippen LogP contribution in [0.5, 0.6) is 0 Å². The molecule has 0 aliphatic carbocycles. The predicted octanol–water partition coefficient (Wildman–Crippen LogP) is 0.920. The second kappa shape index (κ2) is 5.35. The van der Waals surface area contributed by atoms with Crippen LogP contribution in [0.3, 0.4) is 0 Å². The van der Waals surface area contributed by atoms with Gasteiger partial charge in [-0.25, -0.2) is 9.67 Å². The third-order valence-electron chi connectivity index (χ3n) is 2.75. The smallest absolute Gasteiger partial charge is 0.254 e. The summed E-state index contributed by atoms with van der Waals surface area (Å²) in [6.07, 6.45) is 4.61. The molecule has 0 saturated carbocycles. The Balaban J connectivity index is 1.69. The molecule has 100 valence electrons. The minimum Gasteiger partial charge on any atom is -0.345 e. The van der Waals surface area contributed by atoms with E-state index in [-0.39, 0.29) is 5.91 Å². The zero-order chi connectivity index (χ0) is 13.8. The van der Waals surface area contributed by atoms with Crippen LogP contribution in [0.1, 0.15) is 16.2 Å². The van der Waals surface area contributed by atoms with Crippen LogP contribution in [0.15, 0.2) is 49.1 Å². The SMILES string of the molecule is O=C(NCc1ncn[nH]1)c1cnn(-c2ccccc2)c1. The number of para-hydroxylation sites is 1. The highest BCUT2D eigenvalue weighted by Gasteiger charge is 2.09. The standard InChI is InChI=1S/C13H12N6O/c20-13(14-7-12-15-9-16-18-12)10-6-17-19(8-10)11-4-2-1-3-5-11/h1-6,8-9H,7H2,(H,14,20)(H,15,16,18). The van der Waals surface area contributed by atoms with Crippen molar-refractivity contribution in [3.8, 4) is 5.69 Å². The van der Waals surface area contributed by atoms with E-state index < -0.39 is 0 Å². The first kappa shape index (κ1) is 12.1. The molecule has 0 bridgehead atoms. The number of nitrogens with zero attached hydrogens (tertiary/aromatic N) is 4. The average Bonchev–Trinajstić information content (AvgIpc) is 3.17. The zero-order valence-electron chi connectivity index (χ0n) is 10.5. The number of rotatable bonds is 4. The van der Waals surface area contributed by atoms with Gasteiger partial charge in [-0.2, -0.15) is 10.2 Å². The molecule has 0 unspecified atom stereocenters. The van der Waals surface area contributed by atoms with Crippen molar-refractivity contribution in [2.24, 2.45) is 0 Å². The van der Waals surface area contributed by atoms with Gasteiger partial charge >= 0.3 is 0 Å². The zero-order valence-corrected chi connectivity index (χ0v) is 10.5. The van der Waals surface area contributed by atoms with Gasteiger partial charge in [0.05, 0.1) is 24.0 Å². The summed E-state index contributed by atoms with van der Waals surface area (Å²) in [6.45, 7) is 0.301. The maximum absolute atomic E-state index is 12.0. The highest BCUT2D eigenvalue weighted by Crippen LogP contribution is 2.07. The van der Waals surface area contributed by atoms with Crippen molar-refractivity contribution >= 4 is 5.91 Å². The van der Waals surface area contributed by atoms with Crippen LogP contribution in [-0.4, -0.2) is 30.9 Å². The second-order valence-corrected chi connectivity index (χ2v) is 4.12. The van der Waals surface area contributed by atoms with E-state index in [1.54, 1.807) is 10.9 Å². The lowest BCUT2D eigenvalue weighted by Crippen LogP contribution is -2.23. The van der Waals surface area contributed by atoms with E-state index in [0.717, 1.165) is 5.69 Å². The number of amides is 1. The lowest BCUT2D eigenvalue weighted by molar-refractivity contribution is 0.0950. The molecule has 0 radical (unpaired) electrons. The Hall–Kier alpha value is -2.96. The summed E-state index contributed by atoms with van der Waals surface area (Å²) in [5, 5.41) is 13.3. The number of hydrogen-bond acceptors (Lipinski definition) is 4. The molecule has 1 amide bonds. The molecule has 0 fully saturated rings. The molecular weight excluding hydrogens is 256 g/mol. The Morgan fingerprint density at radius 3 is 2.90 bits per heavy atom. The van der Waals surface area contributed by atoms with Gasteiger partial charge < -0.3 is 5.32 Å². The van der Waals surface area contributed by atoms with Crippen molar-refractivity contribution in [3.63, 3.8) is 0 Å². The highest BCUT2D eigenvalue weighted by molar-refractivity contribution is 5.93. The van der Waals surface area contributed by atoms with Gasteiger partial charge in [-0.15, -0.1) is 0 Å². The van der Waals surface area contributed by atoms with Crippen molar-refractivity contribution in [1.29, 1.82) is 0 Å². The summed E-state index contributed by atoms with van der Waals surface area (Å²) in [7, 11) is 0. The maximum Gasteiger partial charge on any atom is 0.254 e. The van der Waals surface area contributed by atoms with Crippen LogP contribution in [-0.2, 0) is 6.54 Å². The van der Waals surface area contributed by atoms with Gasteiger partial charge in [-0.05, 0) is 12.1 Å². The molecule has 1 aromatic carbocycles. The fourth-order valence-electron chi connectivity index (χ4n) is 1.74. The number of aromatic nitrogens is 5. The number of carbonyl (C=O) groups is 1. The Bertz CT molecular complexity index is 689. The van der Waals surface area contributed by atoms with Gasteiger partial charge in [0.25, 0.3) is 5.91 Å². The highest BCUT2D eigenvalue weighted by atomic mass is 16.1. The Morgan fingerprint density at radius 1 is 1.30 bits per heavy atom. The molecule has 20 heavy (non-hydrogen) atoms. The Labute approximate surface area is 114 Å². The molecule has 2 N–H and O–H groups in total. The van der Waals surface area contributed by atoms with E-state index in [2.05, 4.69) is 25.6 Å². The number of carbonyl (C=O) groups excluding carboxylic acids is 1. The number of hydrogen-bond donors (Lipinski definition) is 2. The van der Waals surface area contributed by atoms with Crippen molar-refractivity contribution < 1.29 is 4.79 Å². The molecule has 0 aliphatic heterocycles. The van der Waals surface area contributed by atoms with Gasteiger partial charge in [0.15, 0.2) is 0 Å². The Morgan fingerprint density at radius 2 is 2.15 bits per heavy atom. The third kappa shape index (κ3) is 2.56. The molecule has 0 spiro atoms. The quantitative estimate of drug-likeness (QED) is 0.736. The summed E-state index contributed by atoms with van der Waals surface area (Å²) in [4.78, 5) is 15.9. The average molecular weight is 268 g/mol. The van der Waals surface area contributed by atoms with E-state index in [1.165, 1.54) is 12.5 Å². The first-order valence-corrected chi connectivity index (χ1v) is 6.05. The van der Waals surface area contributed by atoms with E-state index in [9.17, 15) is 4.79 Å². The normalized spacial score (nSPS) is 10.4. The number of nitrogens with one attached hydrogen (secondary N) is 2. The molecule has 2 aromatic heterocycles. The first-order chi connectivity index (χ1) is 9.83. The lowest BCUT2D eigenvalue weighted by Gasteiger charge is -2.00. The maximum atomic E-state index is 12.0. The summed E-state index contributed by atoms with van der Waals surface area (Å²) in [5.74, 6) is 0.400. The van der Waals surface area contributed by atoms with E-state index in [4.69, 9.17) is 0 Å². The van der Waals surface area contributed by atoms with Crippen LogP contribution < -0.4 is 5.32 Å². The topological polar surface area (TPSA) is 88.5 Å². The van der Waals surface area contributed by atoms with Crippen LogP contribution in [0, 0.1) is 0 Å². The van der Waals surface area contributed by atoms with Crippen molar-refractivity contribution in [3.05, 3.63) is 60.4 Å². The minimum atomic E-state index is -0.205. The van der Waals surface area contributed by atoms with Gasteiger partial charge in [-0.3, -0.25) is 9.89 Å². The van der Waals surface area contributed by atoms with Crippen molar-refractivity contribution in [1.82, 2.24) is 30.3 Å². The molecule has 3 rings (SSSR count). The minimum absolute atomic E-state index is 0.205. The van der Waals surface area contributed by atoms with Gasteiger partial charge in [0.1, 0.15) is 12.2 Å². The molecule has 2 heterocycles. The van der Waals surface area contributed by atoms with E-state index in [1.807, 2.05) is 30.3 Å². The summed E-state index contributed by atoms with van der Waals surface area (Å²) < 4.78 is 1.66. The lowest BCUT2D eigenvalue weighted by atomic mass is 10.3. The number of benzene rings is 1. The Kier molecular flexibility index (Phi) is 3.24. The predicted molar refractivity (Wildman–Crippen MR) is 71.1 cm³/mol. The van der Waals surface area contributed by atoms with Crippen LogP contribution in [0.25, 0.3) is 5.69 Å². The monoisotopic (exact) mass is 268 g/mol. The molecule has 0 saturated heterocycles. The van der Waals surface area contributed by atoms with Crippen molar-refractivity contribution in [2.75, 3.05) is 0 Å². The molecule has 7 heteroatoms. The molecular formula is C13H12N6O. The summed E-state index contributed by atoms with van der Waals surface area (Å²) in [6, 6.07) is 9.60. The van der Waals surface area contributed by atoms with Crippen LogP contribution in [0.2, 0.25) is 0 Å². The molecule has 3 aromatic rings. The third-order valence-corrected chi connectivity index (χ3v) is 2.75. The summed E-state index contributed by atoms with van der Waals surface area (Å²) >= 11 is 0. The van der Waals surface area contributed by atoms with Gasteiger partial charge in [-0.1, -0.05) is 18.2 Å². The second-order valence-electron chi connectivity index (χ2n) is 4.12. The fourth-order valence-corrected chi connectivity index (χ4v) is 1.74. The molecule has 0 aliphatic rings. The van der Waals surface area contributed by atoms with Gasteiger partial charge in [0.2, 0.25) is 0 Å². The number of aromatic amines is 1. The van der Waals surface area contributed by atoms with E-state index in [0.29, 0.717) is 17.9 Å². The summed E-state index contributed by atoms with van der Waals surface area (Å²) in [5.41, 5.74) is 1.40. The number of H-pyrrole nitrogens is 1. The largest absolute Gasteiger partial charge is 0.345 e.